The first-order valence-electron chi connectivity index (χ1n) is 3.70. The van der Waals surface area contributed by atoms with Crippen molar-refractivity contribution in [3.8, 4) is 0 Å². The summed E-state index contributed by atoms with van der Waals surface area (Å²) in [5, 5.41) is 0. The molecule has 2 unspecified atom stereocenters. The van der Waals surface area contributed by atoms with Crippen LogP contribution in [0.5, 0.6) is 0 Å². The molecule has 0 aromatic heterocycles. The van der Waals surface area contributed by atoms with Gasteiger partial charge in [0.25, 0.3) is 0 Å². The molecular weight excluding hydrogens is 156 g/mol. The second-order valence-electron chi connectivity index (χ2n) is 3.43. The third-order valence-corrected chi connectivity index (χ3v) is 2.83. The first-order valence-corrected chi connectivity index (χ1v) is 3.70. The van der Waals surface area contributed by atoms with Gasteiger partial charge in [-0.3, -0.25) is 0 Å². The maximum absolute atomic E-state index is 2.40. The van der Waals surface area contributed by atoms with Gasteiger partial charge in [-0.25, -0.2) is 0 Å². The molecule has 0 N–H and O–H groups in total. The Hall–Kier alpha value is 1.06. The minimum absolute atomic E-state index is 0. The van der Waals surface area contributed by atoms with Crippen LogP contribution in [0.2, 0.25) is 0 Å². The number of hydrogen-bond acceptors (Lipinski definition) is 0. The Balaban J connectivity index is 0.000000405. The number of halogens is 1. The van der Waals surface area contributed by atoms with Crippen LogP contribution in [0, 0.1) is 17.8 Å². The minimum atomic E-state index is 0. The van der Waals surface area contributed by atoms with E-state index in [0.717, 1.165) is 11.8 Å². The maximum Gasteiger partial charge on any atom is 2.00 e. The average Bonchev–Trinajstić information content (AvgIpc) is 2.23. The van der Waals surface area contributed by atoms with E-state index >= 15 is 0 Å². The first kappa shape index (κ1) is 11.1. The van der Waals surface area contributed by atoms with E-state index in [0.29, 0.717) is 0 Å². The molecule has 0 aliphatic heterocycles. The van der Waals surface area contributed by atoms with E-state index in [1.807, 2.05) is 5.92 Å². The molecule has 2 bridgehead atoms. The third kappa shape index (κ3) is 1.80. The molecule has 0 heterocycles. The van der Waals surface area contributed by atoms with Gasteiger partial charge in [0.05, 0.1) is 0 Å². The van der Waals surface area contributed by atoms with Crippen molar-refractivity contribution in [2.24, 2.45) is 11.8 Å². The molecular formula is C8H13ClMg. The van der Waals surface area contributed by atoms with Crippen molar-refractivity contribution >= 4 is 23.1 Å². The van der Waals surface area contributed by atoms with E-state index in [1.165, 1.54) is 25.7 Å². The van der Waals surface area contributed by atoms with Gasteiger partial charge in [0.2, 0.25) is 0 Å². The zero-order valence-corrected chi connectivity index (χ0v) is 8.74. The molecule has 2 atom stereocenters. The standard InChI is InChI=1S/C8H13.ClH.Mg/c1-6-4-7-2-3-8(6)5-7;;/h6,8H,2-5H2,1H3;1H;/q-1;;+2/p-1. The van der Waals surface area contributed by atoms with Gasteiger partial charge >= 0.3 is 23.1 Å². The van der Waals surface area contributed by atoms with Crippen molar-refractivity contribution in [3.63, 3.8) is 0 Å². The maximum atomic E-state index is 2.40. The van der Waals surface area contributed by atoms with E-state index in [1.54, 1.807) is 0 Å². The molecule has 2 heteroatoms. The monoisotopic (exact) mass is 168 g/mol. The number of hydrogen-bond donors (Lipinski definition) is 0. The Morgan fingerprint density at radius 1 is 1.30 bits per heavy atom. The summed E-state index contributed by atoms with van der Waals surface area (Å²) in [4.78, 5) is 0. The molecule has 0 amide bonds. The Labute approximate surface area is 85.7 Å². The van der Waals surface area contributed by atoms with Crippen LogP contribution in [0.15, 0.2) is 0 Å². The summed E-state index contributed by atoms with van der Waals surface area (Å²) >= 11 is 0. The van der Waals surface area contributed by atoms with Crippen molar-refractivity contribution in [2.75, 3.05) is 0 Å². The molecule has 54 valence electrons. The Morgan fingerprint density at radius 2 is 2.00 bits per heavy atom. The number of fused-ring (bicyclic) bond motifs is 2. The molecule has 0 radical (unpaired) electrons. The SMILES string of the molecule is CC1C[C-]2CCC1C2.[Cl-].[Mg+2]. The average molecular weight is 169 g/mol. The fraction of sp³-hybridized carbons (Fsp3) is 0.875. The van der Waals surface area contributed by atoms with Crippen LogP contribution in [0.1, 0.15) is 32.6 Å². The predicted octanol–water partition coefficient (Wildman–Crippen LogP) is -0.976. The molecule has 0 saturated heterocycles. The van der Waals surface area contributed by atoms with Crippen LogP contribution in [0.3, 0.4) is 0 Å². The zero-order valence-electron chi connectivity index (χ0n) is 6.57. The molecule has 2 saturated carbocycles. The van der Waals surface area contributed by atoms with Gasteiger partial charge in [-0.2, -0.15) is 19.3 Å². The van der Waals surface area contributed by atoms with Crippen LogP contribution in [-0.4, -0.2) is 23.1 Å². The number of rotatable bonds is 0. The summed E-state index contributed by atoms with van der Waals surface area (Å²) in [5.41, 5.74) is 0. The summed E-state index contributed by atoms with van der Waals surface area (Å²) < 4.78 is 0. The van der Waals surface area contributed by atoms with E-state index < -0.39 is 0 Å². The second kappa shape index (κ2) is 4.17. The molecule has 0 spiro atoms. The minimum Gasteiger partial charge on any atom is -1.00 e. The summed E-state index contributed by atoms with van der Waals surface area (Å²) in [6.45, 7) is 2.40. The molecule has 2 rings (SSSR count). The van der Waals surface area contributed by atoms with Crippen molar-refractivity contribution in [2.45, 2.75) is 32.6 Å². The van der Waals surface area contributed by atoms with Crippen molar-refractivity contribution < 1.29 is 12.4 Å². The van der Waals surface area contributed by atoms with E-state index in [2.05, 4.69) is 6.92 Å². The fourth-order valence-electron chi connectivity index (χ4n) is 2.26. The van der Waals surface area contributed by atoms with Gasteiger partial charge in [-0.1, -0.05) is 25.2 Å². The normalized spacial score (nSPS) is 36.9. The van der Waals surface area contributed by atoms with Crippen LogP contribution < -0.4 is 12.4 Å². The molecule has 2 fully saturated rings. The summed E-state index contributed by atoms with van der Waals surface area (Å²) in [7, 11) is 0. The second-order valence-corrected chi connectivity index (χ2v) is 3.43. The van der Waals surface area contributed by atoms with Gasteiger partial charge < -0.3 is 18.3 Å². The summed E-state index contributed by atoms with van der Waals surface area (Å²) in [6, 6.07) is 0. The Bertz CT molecular complexity index is 103. The first-order chi connectivity index (χ1) is 3.86. The smallest absolute Gasteiger partial charge is 1.00 e. The molecule has 2 aliphatic carbocycles. The predicted molar refractivity (Wildman–Crippen MR) is 40.1 cm³/mol. The Kier molecular flexibility index (Phi) is 4.62. The molecule has 2 aliphatic rings. The van der Waals surface area contributed by atoms with Gasteiger partial charge in [0, 0.05) is 0 Å². The van der Waals surface area contributed by atoms with Gasteiger partial charge in [0.1, 0.15) is 0 Å². The summed E-state index contributed by atoms with van der Waals surface area (Å²) in [6.07, 6.45) is 5.93. The van der Waals surface area contributed by atoms with E-state index in [-0.39, 0.29) is 35.5 Å². The molecule has 0 aromatic carbocycles. The molecule has 0 nitrogen and oxygen atoms in total. The van der Waals surface area contributed by atoms with Gasteiger partial charge in [-0.05, 0) is 0 Å². The van der Waals surface area contributed by atoms with Crippen LogP contribution in [0.4, 0.5) is 0 Å². The third-order valence-electron chi connectivity index (χ3n) is 2.83. The Morgan fingerprint density at radius 3 is 2.20 bits per heavy atom. The van der Waals surface area contributed by atoms with E-state index in [9.17, 15) is 0 Å². The van der Waals surface area contributed by atoms with Crippen LogP contribution in [-0.2, 0) is 0 Å². The van der Waals surface area contributed by atoms with Crippen LogP contribution >= 0.6 is 0 Å². The largest absolute Gasteiger partial charge is 2.00 e. The van der Waals surface area contributed by atoms with Crippen molar-refractivity contribution in [1.29, 1.82) is 0 Å². The summed E-state index contributed by atoms with van der Waals surface area (Å²) in [5.74, 6) is 4.01. The molecule has 10 heavy (non-hydrogen) atoms. The van der Waals surface area contributed by atoms with Crippen molar-refractivity contribution in [1.82, 2.24) is 0 Å². The van der Waals surface area contributed by atoms with Gasteiger partial charge in [0.15, 0.2) is 0 Å². The molecule has 0 aromatic rings. The zero-order chi connectivity index (χ0) is 5.56. The van der Waals surface area contributed by atoms with Crippen LogP contribution in [0.25, 0.3) is 0 Å². The van der Waals surface area contributed by atoms with Gasteiger partial charge in [-0.15, -0.1) is 0 Å². The van der Waals surface area contributed by atoms with E-state index in [4.69, 9.17) is 0 Å². The quantitative estimate of drug-likeness (QED) is 0.323. The topological polar surface area (TPSA) is 0 Å². The van der Waals surface area contributed by atoms with Crippen molar-refractivity contribution in [3.05, 3.63) is 5.92 Å². The fourth-order valence-corrected chi connectivity index (χ4v) is 2.26.